The van der Waals surface area contributed by atoms with Crippen LogP contribution < -0.4 is 0 Å². The normalized spacial score (nSPS) is 15.4. The molecule has 0 saturated heterocycles. The van der Waals surface area contributed by atoms with Gasteiger partial charge in [-0.2, -0.15) is 0 Å². The lowest BCUT2D eigenvalue weighted by Gasteiger charge is -2.33. The van der Waals surface area contributed by atoms with E-state index in [1.165, 1.54) is 41.7 Å². The highest BCUT2D eigenvalue weighted by Crippen LogP contribution is 2.18. The van der Waals surface area contributed by atoms with Crippen LogP contribution in [-0.2, 0) is 42.9 Å². The maximum Gasteiger partial charge on any atom is 0.303 e. The number of carbonyl (C=O) groups is 4. The monoisotopic (exact) mass is 348 g/mol. The van der Waals surface area contributed by atoms with Crippen LogP contribution in [0, 0.1) is 0 Å². The molecule has 0 radical (unpaired) electrons. The highest BCUT2D eigenvalue weighted by Gasteiger charge is 2.39. The molecule has 0 bridgehead atoms. The minimum Gasteiger partial charge on any atom is -0.462 e. The molecule has 9 nitrogen and oxygen atoms in total. The second-order valence-corrected chi connectivity index (χ2v) is 5.04. The van der Waals surface area contributed by atoms with Crippen LogP contribution in [0.1, 0.15) is 34.6 Å². The third-order valence-electron chi connectivity index (χ3n) is 2.85. The third kappa shape index (κ3) is 8.47. The van der Waals surface area contributed by atoms with Gasteiger partial charge in [0.2, 0.25) is 0 Å². The molecule has 0 saturated carbocycles. The summed E-state index contributed by atoms with van der Waals surface area (Å²) in [6.07, 6.45) is -4.03. The molecule has 0 aliphatic rings. The fourth-order valence-corrected chi connectivity index (χ4v) is 2.06. The van der Waals surface area contributed by atoms with E-state index in [1.54, 1.807) is 0 Å². The molecule has 4 atom stereocenters. The predicted molar refractivity (Wildman–Crippen MR) is 79.8 cm³/mol. The average Bonchev–Trinajstić information content (AvgIpc) is 2.42. The lowest BCUT2D eigenvalue weighted by Crippen LogP contribution is -2.51. The van der Waals surface area contributed by atoms with E-state index in [4.69, 9.17) is 23.7 Å². The van der Waals surface area contributed by atoms with E-state index in [-0.39, 0.29) is 6.61 Å². The van der Waals surface area contributed by atoms with Crippen LogP contribution in [0.5, 0.6) is 0 Å². The molecule has 0 fully saturated rings. The topological polar surface area (TPSA) is 114 Å². The quantitative estimate of drug-likeness (QED) is 0.431. The summed E-state index contributed by atoms with van der Waals surface area (Å²) < 4.78 is 25.4. The molecule has 0 aliphatic heterocycles. The summed E-state index contributed by atoms with van der Waals surface area (Å²) in [5, 5.41) is 0. The largest absolute Gasteiger partial charge is 0.462 e. The molecule has 0 aromatic heterocycles. The first-order valence-corrected chi connectivity index (χ1v) is 7.26. The van der Waals surface area contributed by atoms with Crippen molar-refractivity contribution in [3.8, 4) is 0 Å². The first-order chi connectivity index (χ1) is 11.1. The Hall–Kier alpha value is -2.16. The number of hydrogen-bond donors (Lipinski definition) is 0. The summed E-state index contributed by atoms with van der Waals surface area (Å²) in [6, 6.07) is 0. The van der Waals surface area contributed by atoms with E-state index >= 15 is 0 Å². The van der Waals surface area contributed by atoms with Crippen LogP contribution in [0.2, 0.25) is 0 Å². The van der Waals surface area contributed by atoms with Crippen molar-refractivity contribution in [3.05, 3.63) is 0 Å². The molecular formula is C15H24O9. The van der Waals surface area contributed by atoms with Gasteiger partial charge in [0.15, 0.2) is 12.2 Å². The van der Waals surface area contributed by atoms with Crippen molar-refractivity contribution < 1.29 is 42.9 Å². The predicted octanol–water partition coefficient (Wildman–Crippen LogP) is 0.380. The minimum absolute atomic E-state index is 0.308. The molecular weight excluding hydrogens is 324 g/mol. The summed E-state index contributed by atoms with van der Waals surface area (Å²) in [4.78, 5) is 44.8. The molecule has 0 N–H and O–H groups in total. The van der Waals surface area contributed by atoms with Crippen molar-refractivity contribution in [1.29, 1.82) is 0 Å². The highest BCUT2D eigenvalue weighted by atomic mass is 16.6. The zero-order chi connectivity index (χ0) is 18.9. The van der Waals surface area contributed by atoms with Gasteiger partial charge in [-0.3, -0.25) is 19.2 Å². The summed E-state index contributed by atoms with van der Waals surface area (Å²) in [7, 11) is 1.30. The second kappa shape index (κ2) is 10.6. The van der Waals surface area contributed by atoms with Crippen molar-refractivity contribution in [2.75, 3.05) is 13.7 Å². The minimum atomic E-state index is -1.07. The average molecular weight is 348 g/mol. The molecule has 0 aromatic carbocycles. The Morgan fingerprint density at radius 1 is 0.750 bits per heavy atom. The molecule has 0 aromatic rings. The number of rotatable bonds is 9. The first kappa shape index (κ1) is 21.8. The smallest absolute Gasteiger partial charge is 0.303 e. The Morgan fingerprint density at radius 3 is 1.62 bits per heavy atom. The maximum absolute atomic E-state index is 11.4. The third-order valence-corrected chi connectivity index (χ3v) is 2.85. The van der Waals surface area contributed by atoms with Crippen LogP contribution in [0.15, 0.2) is 0 Å². The van der Waals surface area contributed by atoms with Crippen LogP contribution in [0.4, 0.5) is 0 Å². The Kier molecular flexibility index (Phi) is 9.63. The standard InChI is InChI=1S/C15H24O9/c1-8(22-10(3)17)14(24-12(5)19)15(20-6)13(23-11(4)18)7-21-9(2)16/h8,13-15H,7H2,1-6H3/t8-,13-,14-,15-/m0/s1. The lowest BCUT2D eigenvalue weighted by molar-refractivity contribution is -0.194. The van der Waals surface area contributed by atoms with Gasteiger partial charge < -0.3 is 23.7 Å². The summed E-state index contributed by atoms with van der Waals surface area (Å²) in [5.74, 6) is -2.45. The number of carbonyl (C=O) groups excluding carboxylic acids is 4. The Labute approximate surface area is 140 Å². The second-order valence-electron chi connectivity index (χ2n) is 5.04. The fraction of sp³-hybridized carbons (Fsp3) is 0.733. The van der Waals surface area contributed by atoms with Crippen LogP contribution in [0.3, 0.4) is 0 Å². The van der Waals surface area contributed by atoms with Gasteiger partial charge in [-0.15, -0.1) is 0 Å². The van der Waals surface area contributed by atoms with Crippen molar-refractivity contribution in [2.24, 2.45) is 0 Å². The van der Waals surface area contributed by atoms with E-state index in [0.717, 1.165) is 0 Å². The van der Waals surface area contributed by atoms with Gasteiger partial charge in [-0.1, -0.05) is 0 Å². The van der Waals surface area contributed by atoms with Crippen LogP contribution >= 0.6 is 0 Å². The van der Waals surface area contributed by atoms with E-state index < -0.39 is 48.3 Å². The van der Waals surface area contributed by atoms with Gasteiger partial charge in [-0.25, -0.2) is 0 Å². The molecule has 9 heteroatoms. The Bertz CT molecular complexity index is 460. The van der Waals surface area contributed by atoms with Crippen molar-refractivity contribution in [1.82, 2.24) is 0 Å². The summed E-state index contributed by atoms with van der Waals surface area (Å²) >= 11 is 0. The summed E-state index contributed by atoms with van der Waals surface area (Å²) in [6.45, 7) is 5.93. The number of methoxy groups -OCH3 is 1. The van der Waals surface area contributed by atoms with Gasteiger partial charge in [-0.05, 0) is 6.92 Å². The van der Waals surface area contributed by atoms with Crippen LogP contribution in [0.25, 0.3) is 0 Å². The molecule has 24 heavy (non-hydrogen) atoms. The number of esters is 4. The Morgan fingerprint density at radius 2 is 1.25 bits per heavy atom. The van der Waals surface area contributed by atoms with E-state index in [0.29, 0.717) is 0 Å². The first-order valence-electron chi connectivity index (χ1n) is 7.26. The molecule has 0 unspecified atom stereocenters. The van der Waals surface area contributed by atoms with Gasteiger partial charge in [0.1, 0.15) is 18.8 Å². The number of hydrogen-bond acceptors (Lipinski definition) is 9. The SMILES string of the molecule is CO[C@H]([C@@H](OC(C)=O)[C@H](C)OC(C)=O)[C@H](COC(C)=O)OC(C)=O. The molecule has 0 amide bonds. The maximum atomic E-state index is 11.4. The van der Waals surface area contributed by atoms with Crippen molar-refractivity contribution >= 4 is 23.9 Å². The molecule has 0 spiro atoms. The van der Waals surface area contributed by atoms with Crippen molar-refractivity contribution in [2.45, 2.75) is 59.0 Å². The van der Waals surface area contributed by atoms with Crippen molar-refractivity contribution in [3.63, 3.8) is 0 Å². The van der Waals surface area contributed by atoms with Gasteiger partial charge in [0, 0.05) is 34.8 Å². The molecule has 138 valence electrons. The van der Waals surface area contributed by atoms with Gasteiger partial charge in [0.25, 0.3) is 0 Å². The fourth-order valence-electron chi connectivity index (χ4n) is 2.06. The summed E-state index contributed by atoms with van der Waals surface area (Å²) in [5.41, 5.74) is 0. The van der Waals surface area contributed by atoms with E-state index in [9.17, 15) is 19.2 Å². The van der Waals surface area contributed by atoms with E-state index in [2.05, 4.69) is 0 Å². The Balaban J connectivity index is 5.46. The van der Waals surface area contributed by atoms with Gasteiger partial charge >= 0.3 is 23.9 Å². The molecule has 0 heterocycles. The van der Waals surface area contributed by atoms with Crippen LogP contribution in [-0.4, -0.2) is 62.0 Å². The van der Waals surface area contributed by atoms with E-state index in [1.807, 2.05) is 0 Å². The van der Waals surface area contributed by atoms with Gasteiger partial charge in [0.05, 0.1) is 0 Å². The zero-order valence-corrected chi connectivity index (χ0v) is 14.7. The molecule has 0 rings (SSSR count). The number of ether oxygens (including phenoxy) is 5. The molecule has 0 aliphatic carbocycles. The zero-order valence-electron chi connectivity index (χ0n) is 14.7. The highest BCUT2D eigenvalue weighted by molar-refractivity contribution is 5.68. The lowest BCUT2D eigenvalue weighted by atomic mass is 10.0.